The fourth-order valence-electron chi connectivity index (χ4n) is 2.17. The van der Waals surface area contributed by atoms with E-state index in [1.807, 2.05) is 6.92 Å². The largest absolute Gasteiger partial charge is 0.373 e. The van der Waals surface area contributed by atoms with Crippen LogP contribution in [0.25, 0.3) is 0 Å². The number of rotatable bonds is 6. The molecule has 0 aliphatic carbocycles. The van der Waals surface area contributed by atoms with Gasteiger partial charge in [-0.1, -0.05) is 25.4 Å². The van der Waals surface area contributed by atoms with Crippen molar-refractivity contribution in [2.75, 3.05) is 11.9 Å². The predicted molar refractivity (Wildman–Crippen MR) is 78.6 cm³/mol. The van der Waals surface area contributed by atoms with Crippen LogP contribution in [0.15, 0.2) is 18.2 Å². The summed E-state index contributed by atoms with van der Waals surface area (Å²) in [7, 11) is 0. The predicted octanol–water partition coefficient (Wildman–Crippen LogP) is 3.42. The van der Waals surface area contributed by atoms with Crippen LogP contribution in [-0.2, 0) is 0 Å². The van der Waals surface area contributed by atoms with E-state index in [1.165, 1.54) is 6.07 Å². The van der Waals surface area contributed by atoms with Crippen LogP contribution in [0.3, 0.4) is 0 Å². The van der Waals surface area contributed by atoms with Crippen molar-refractivity contribution in [2.24, 2.45) is 11.7 Å². The van der Waals surface area contributed by atoms with Gasteiger partial charge in [0.15, 0.2) is 0 Å². The lowest BCUT2D eigenvalue weighted by molar-refractivity contribution is -0.384. The van der Waals surface area contributed by atoms with Crippen molar-refractivity contribution < 1.29 is 4.92 Å². The Kier molecular flexibility index (Phi) is 5.14. The Hall–Kier alpha value is -1.33. The van der Waals surface area contributed by atoms with Gasteiger partial charge < -0.3 is 11.1 Å². The molecule has 0 aliphatic rings. The number of nitro benzene ring substituents is 1. The molecule has 3 N–H and O–H groups in total. The van der Waals surface area contributed by atoms with Crippen molar-refractivity contribution in [1.82, 2.24) is 0 Å². The van der Waals surface area contributed by atoms with Gasteiger partial charge in [-0.3, -0.25) is 10.1 Å². The number of nitrogens with two attached hydrogens (primary N) is 1. The van der Waals surface area contributed by atoms with Crippen LogP contribution in [0.5, 0.6) is 0 Å². The average Bonchev–Trinajstić information content (AvgIpc) is 2.30. The molecule has 0 aliphatic heterocycles. The summed E-state index contributed by atoms with van der Waals surface area (Å²) in [6.45, 7) is 6.54. The molecule has 19 heavy (non-hydrogen) atoms. The molecule has 1 aromatic carbocycles. The standard InChI is InChI=1S/C13H20ClN3O2/c1-9(2)7-13(3,8-15)16-11-5-4-10(14)6-12(11)17(18)19/h4-6,9,16H,7-8,15H2,1-3H3. The Morgan fingerprint density at radius 3 is 2.63 bits per heavy atom. The quantitative estimate of drug-likeness (QED) is 0.620. The van der Waals surface area contributed by atoms with Gasteiger partial charge in [-0.2, -0.15) is 0 Å². The molecule has 1 rings (SSSR count). The van der Waals surface area contributed by atoms with E-state index in [-0.39, 0.29) is 11.2 Å². The smallest absolute Gasteiger partial charge is 0.293 e. The van der Waals surface area contributed by atoms with Crippen molar-refractivity contribution in [3.05, 3.63) is 33.3 Å². The summed E-state index contributed by atoms with van der Waals surface area (Å²) in [6.07, 6.45) is 0.823. The lowest BCUT2D eigenvalue weighted by atomic mass is 9.90. The molecule has 0 radical (unpaired) electrons. The molecule has 106 valence electrons. The van der Waals surface area contributed by atoms with E-state index in [0.29, 0.717) is 23.2 Å². The molecule has 1 atom stereocenters. The molecular weight excluding hydrogens is 266 g/mol. The number of nitro groups is 1. The van der Waals surface area contributed by atoms with E-state index >= 15 is 0 Å². The molecular formula is C13H20ClN3O2. The van der Waals surface area contributed by atoms with Gasteiger partial charge in [-0.15, -0.1) is 0 Å². The van der Waals surface area contributed by atoms with Crippen LogP contribution in [0.1, 0.15) is 27.2 Å². The zero-order valence-electron chi connectivity index (χ0n) is 11.4. The summed E-state index contributed by atoms with van der Waals surface area (Å²) >= 11 is 5.79. The van der Waals surface area contributed by atoms with Gasteiger partial charge in [0.1, 0.15) is 5.69 Å². The van der Waals surface area contributed by atoms with Gasteiger partial charge in [0, 0.05) is 23.2 Å². The van der Waals surface area contributed by atoms with Crippen LogP contribution < -0.4 is 11.1 Å². The molecule has 1 aromatic rings. The first kappa shape index (κ1) is 15.7. The van der Waals surface area contributed by atoms with Crippen molar-refractivity contribution in [1.29, 1.82) is 0 Å². The highest BCUT2D eigenvalue weighted by Crippen LogP contribution is 2.31. The summed E-state index contributed by atoms with van der Waals surface area (Å²) in [5, 5.41) is 14.6. The second-order valence-electron chi connectivity index (χ2n) is 5.41. The zero-order valence-corrected chi connectivity index (χ0v) is 12.2. The van der Waals surface area contributed by atoms with E-state index in [4.69, 9.17) is 17.3 Å². The van der Waals surface area contributed by atoms with E-state index in [0.717, 1.165) is 6.42 Å². The van der Waals surface area contributed by atoms with Gasteiger partial charge in [0.2, 0.25) is 0 Å². The molecule has 0 saturated heterocycles. The average molecular weight is 286 g/mol. The number of hydrogen-bond acceptors (Lipinski definition) is 4. The molecule has 1 unspecified atom stereocenters. The molecule has 0 bridgehead atoms. The summed E-state index contributed by atoms with van der Waals surface area (Å²) in [5.41, 5.74) is 5.83. The van der Waals surface area contributed by atoms with Crippen molar-refractivity contribution in [3.63, 3.8) is 0 Å². The highest BCUT2D eigenvalue weighted by atomic mass is 35.5. The minimum Gasteiger partial charge on any atom is -0.373 e. The molecule has 0 aromatic heterocycles. The highest BCUT2D eigenvalue weighted by Gasteiger charge is 2.26. The minimum atomic E-state index is -0.444. The van der Waals surface area contributed by atoms with Crippen molar-refractivity contribution in [2.45, 2.75) is 32.7 Å². The molecule has 0 amide bonds. The number of benzene rings is 1. The zero-order chi connectivity index (χ0) is 14.6. The minimum absolute atomic E-state index is 0.0315. The maximum absolute atomic E-state index is 11.0. The number of nitrogens with one attached hydrogen (secondary N) is 1. The monoisotopic (exact) mass is 285 g/mol. The lowest BCUT2D eigenvalue weighted by Gasteiger charge is -2.32. The van der Waals surface area contributed by atoms with E-state index in [1.54, 1.807) is 12.1 Å². The number of nitrogens with zero attached hydrogens (tertiary/aromatic N) is 1. The molecule has 0 heterocycles. The first-order valence-electron chi connectivity index (χ1n) is 6.19. The van der Waals surface area contributed by atoms with Crippen LogP contribution >= 0.6 is 11.6 Å². The third kappa shape index (κ3) is 4.36. The normalized spacial score (nSPS) is 14.2. The van der Waals surface area contributed by atoms with Gasteiger partial charge in [0.05, 0.1) is 4.92 Å². The summed E-state index contributed by atoms with van der Waals surface area (Å²) in [6, 6.07) is 4.59. The Morgan fingerprint density at radius 1 is 1.53 bits per heavy atom. The maximum Gasteiger partial charge on any atom is 0.293 e. The highest BCUT2D eigenvalue weighted by molar-refractivity contribution is 6.30. The second kappa shape index (κ2) is 6.21. The van der Waals surface area contributed by atoms with E-state index in [9.17, 15) is 10.1 Å². The summed E-state index contributed by atoms with van der Waals surface area (Å²) < 4.78 is 0. The topological polar surface area (TPSA) is 81.2 Å². The van der Waals surface area contributed by atoms with Crippen LogP contribution in [-0.4, -0.2) is 17.0 Å². The number of anilines is 1. The van der Waals surface area contributed by atoms with Crippen molar-refractivity contribution in [3.8, 4) is 0 Å². The fraction of sp³-hybridized carbons (Fsp3) is 0.538. The van der Waals surface area contributed by atoms with Crippen LogP contribution in [0.2, 0.25) is 5.02 Å². The van der Waals surface area contributed by atoms with Crippen molar-refractivity contribution >= 4 is 23.0 Å². The summed E-state index contributed by atoms with van der Waals surface area (Å²) in [4.78, 5) is 10.6. The SMILES string of the molecule is CC(C)CC(C)(CN)Nc1ccc(Cl)cc1[N+](=O)[O-]. The van der Waals surface area contributed by atoms with Gasteiger partial charge in [0.25, 0.3) is 5.69 Å². The summed E-state index contributed by atoms with van der Waals surface area (Å²) in [5.74, 6) is 0.437. The Bertz CT molecular complexity index is 465. The third-order valence-electron chi connectivity index (χ3n) is 2.90. The van der Waals surface area contributed by atoms with Crippen LogP contribution in [0.4, 0.5) is 11.4 Å². The molecule has 6 heteroatoms. The molecule has 0 saturated carbocycles. The van der Waals surface area contributed by atoms with E-state index < -0.39 is 4.92 Å². The second-order valence-corrected chi connectivity index (χ2v) is 5.84. The number of halogens is 1. The first-order valence-corrected chi connectivity index (χ1v) is 6.57. The van der Waals surface area contributed by atoms with Gasteiger partial charge >= 0.3 is 0 Å². The molecule has 0 fully saturated rings. The fourth-order valence-corrected chi connectivity index (χ4v) is 2.34. The van der Waals surface area contributed by atoms with Crippen LogP contribution in [0, 0.1) is 16.0 Å². The lowest BCUT2D eigenvalue weighted by Crippen LogP contribution is -2.43. The number of hydrogen-bond donors (Lipinski definition) is 2. The Balaban J connectivity index is 3.06. The third-order valence-corrected chi connectivity index (χ3v) is 3.14. The van der Waals surface area contributed by atoms with Gasteiger partial charge in [-0.05, 0) is 31.4 Å². The molecule has 5 nitrogen and oxygen atoms in total. The van der Waals surface area contributed by atoms with Gasteiger partial charge in [-0.25, -0.2) is 0 Å². The first-order chi connectivity index (χ1) is 8.77. The Morgan fingerprint density at radius 2 is 2.16 bits per heavy atom. The molecule has 0 spiro atoms. The maximum atomic E-state index is 11.0. The Labute approximate surface area is 118 Å². The van der Waals surface area contributed by atoms with E-state index in [2.05, 4.69) is 19.2 Å².